The molecular formula is C19H24N4S. The number of rotatable bonds is 3. The molecule has 1 aromatic heterocycles. The molecule has 1 aliphatic rings. The summed E-state index contributed by atoms with van der Waals surface area (Å²) in [7, 11) is 0. The average Bonchev–Trinajstić information content (AvgIpc) is 2.63. The Hall–Kier alpha value is -2.14. The predicted octanol–water partition coefficient (Wildman–Crippen LogP) is 3.72. The minimum absolute atomic E-state index is 0.548. The highest BCUT2D eigenvalue weighted by Crippen LogP contribution is 2.18. The maximum absolute atomic E-state index is 5.58. The number of piperazine rings is 1. The molecule has 5 heteroatoms. The lowest BCUT2D eigenvalue weighted by Crippen LogP contribution is -2.50. The van der Waals surface area contributed by atoms with Crippen LogP contribution in [0.5, 0.6) is 0 Å². The quantitative estimate of drug-likeness (QED) is 0.861. The number of hydrogen-bond donors (Lipinski definition) is 1. The second-order valence-electron chi connectivity index (χ2n) is 6.39. The lowest BCUT2D eigenvalue weighted by atomic mass is 10.0. The molecule has 1 saturated heterocycles. The summed E-state index contributed by atoms with van der Waals surface area (Å²) in [4.78, 5) is 8.69. The van der Waals surface area contributed by atoms with E-state index >= 15 is 0 Å². The summed E-state index contributed by atoms with van der Waals surface area (Å²) >= 11 is 5.58. The molecule has 0 saturated carbocycles. The molecule has 2 heterocycles. The Morgan fingerprint density at radius 1 is 1.00 bits per heavy atom. The zero-order valence-electron chi connectivity index (χ0n) is 14.3. The van der Waals surface area contributed by atoms with Gasteiger partial charge in [0.15, 0.2) is 5.11 Å². The Kier molecular flexibility index (Phi) is 5.30. The van der Waals surface area contributed by atoms with Gasteiger partial charge in [0.2, 0.25) is 0 Å². The number of aromatic nitrogens is 1. The van der Waals surface area contributed by atoms with Crippen molar-refractivity contribution in [3.63, 3.8) is 0 Å². The van der Waals surface area contributed by atoms with Gasteiger partial charge in [-0.05, 0) is 48.0 Å². The van der Waals surface area contributed by atoms with Crippen molar-refractivity contribution in [2.24, 2.45) is 0 Å². The fourth-order valence-electron chi connectivity index (χ4n) is 2.88. The van der Waals surface area contributed by atoms with Gasteiger partial charge in [-0.15, -0.1) is 0 Å². The van der Waals surface area contributed by atoms with Gasteiger partial charge in [-0.25, -0.2) is 0 Å². The van der Waals surface area contributed by atoms with Crippen LogP contribution in [0.3, 0.4) is 0 Å². The van der Waals surface area contributed by atoms with E-state index < -0.39 is 0 Å². The fourth-order valence-corrected chi connectivity index (χ4v) is 3.18. The molecule has 4 nitrogen and oxygen atoms in total. The summed E-state index contributed by atoms with van der Waals surface area (Å²) in [5.41, 5.74) is 3.63. The molecule has 126 valence electrons. The first-order valence-electron chi connectivity index (χ1n) is 8.44. The number of nitrogens with zero attached hydrogens (tertiary/aromatic N) is 3. The van der Waals surface area contributed by atoms with E-state index in [9.17, 15) is 0 Å². The van der Waals surface area contributed by atoms with Gasteiger partial charge >= 0.3 is 0 Å². The van der Waals surface area contributed by atoms with Gasteiger partial charge < -0.3 is 15.1 Å². The molecule has 1 aliphatic heterocycles. The first-order chi connectivity index (χ1) is 11.6. The van der Waals surface area contributed by atoms with Crippen LogP contribution in [0.2, 0.25) is 0 Å². The van der Waals surface area contributed by atoms with Crippen LogP contribution < -0.4 is 10.2 Å². The third kappa shape index (κ3) is 4.03. The van der Waals surface area contributed by atoms with Gasteiger partial charge in [0.1, 0.15) is 0 Å². The van der Waals surface area contributed by atoms with Crippen LogP contribution in [0.1, 0.15) is 25.3 Å². The highest BCUT2D eigenvalue weighted by molar-refractivity contribution is 7.80. The van der Waals surface area contributed by atoms with Crippen LogP contribution in [-0.4, -0.2) is 41.2 Å². The SMILES string of the molecule is CC(C)c1ccc(NC(=S)N2CCN(c3ccncc3)CC2)cc1. The summed E-state index contributed by atoms with van der Waals surface area (Å²) < 4.78 is 0. The fraction of sp³-hybridized carbons (Fsp3) is 0.368. The maximum Gasteiger partial charge on any atom is 0.173 e. The maximum atomic E-state index is 5.58. The Morgan fingerprint density at radius 2 is 1.62 bits per heavy atom. The molecule has 1 fully saturated rings. The normalized spacial score (nSPS) is 14.8. The zero-order chi connectivity index (χ0) is 16.9. The highest BCUT2D eigenvalue weighted by atomic mass is 32.1. The zero-order valence-corrected chi connectivity index (χ0v) is 15.1. The van der Waals surface area contributed by atoms with E-state index in [4.69, 9.17) is 12.2 Å². The lowest BCUT2D eigenvalue weighted by Gasteiger charge is -2.37. The van der Waals surface area contributed by atoms with Gasteiger partial charge in [0, 0.05) is 49.9 Å². The van der Waals surface area contributed by atoms with Crippen molar-refractivity contribution < 1.29 is 0 Å². The van der Waals surface area contributed by atoms with E-state index in [1.165, 1.54) is 11.3 Å². The van der Waals surface area contributed by atoms with E-state index in [2.05, 4.69) is 70.3 Å². The Bertz CT molecular complexity index is 662. The number of anilines is 2. The number of pyridine rings is 1. The van der Waals surface area contributed by atoms with Gasteiger partial charge in [0.25, 0.3) is 0 Å². The first kappa shape index (κ1) is 16.7. The molecule has 1 N–H and O–H groups in total. The van der Waals surface area contributed by atoms with E-state index in [1.54, 1.807) is 0 Å². The van der Waals surface area contributed by atoms with Crippen LogP contribution in [0.4, 0.5) is 11.4 Å². The summed E-state index contributed by atoms with van der Waals surface area (Å²) in [6.45, 7) is 8.21. The van der Waals surface area contributed by atoms with Crippen LogP contribution in [0, 0.1) is 0 Å². The van der Waals surface area contributed by atoms with Crippen LogP contribution in [0.25, 0.3) is 0 Å². The monoisotopic (exact) mass is 340 g/mol. The van der Waals surface area contributed by atoms with Crippen molar-refractivity contribution >= 4 is 28.7 Å². The van der Waals surface area contributed by atoms with Crippen molar-refractivity contribution in [2.75, 3.05) is 36.4 Å². The molecular weight excluding hydrogens is 316 g/mol. The number of hydrogen-bond acceptors (Lipinski definition) is 3. The summed E-state index contributed by atoms with van der Waals surface area (Å²) in [5, 5.41) is 4.17. The molecule has 2 aromatic rings. The Morgan fingerprint density at radius 3 is 2.21 bits per heavy atom. The topological polar surface area (TPSA) is 31.4 Å². The standard InChI is InChI=1S/C19H24N4S/c1-15(2)16-3-5-17(6-4-16)21-19(24)23-13-11-22(12-14-23)18-7-9-20-10-8-18/h3-10,15H,11-14H2,1-2H3,(H,21,24). The molecule has 0 aliphatic carbocycles. The molecule has 0 unspecified atom stereocenters. The van der Waals surface area contributed by atoms with E-state index in [-0.39, 0.29) is 0 Å². The van der Waals surface area contributed by atoms with E-state index in [0.717, 1.165) is 37.0 Å². The van der Waals surface area contributed by atoms with Crippen LogP contribution in [-0.2, 0) is 0 Å². The van der Waals surface area contributed by atoms with Crippen molar-refractivity contribution in [2.45, 2.75) is 19.8 Å². The van der Waals surface area contributed by atoms with Gasteiger partial charge in [-0.2, -0.15) is 0 Å². The van der Waals surface area contributed by atoms with Gasteiger partial charge in [-0.1, -0.05) is 26.0 Å². The minimum Gasteiger partial charge on any atom is -0.368 e. The van der Waals surface area contributed by atoms with Gasteiger partial charge in [0.05, 0.1) is 0 Å². The highest BCUT2D eigenvalue weighted by Gasteiger charge is 2.19. The van der Waals surface area contributed by atoms with Crippen molar-refractivity contribution in [3.05, 3.63) is 54.4 Å². The summed E-state index contributed by atoms with van der Waals surface area (Å²) in [6.07, 6.45) is 3.68. The van der Waals surface area contributed by atoms with Crippen LogP contribution in [0.15, 0.2) is 48.8 Å². The third-order valence-corrected chi connectivity index (χ3v) is 4.78. The lowest BCUT2D eigenvalue weighted by molar-refractivity contribution is 0.391. The summed E-state index contributed by atoms with van der Waals surface area (Å²) in [6, 6.07) is 12.7. The van der Waals surface area contributed by atoms with Crippen molar-refractivity contribution in [1.82, 2.24) is 9.88 Å². The number of thiocarbonyl (C=S) groups is 1. The van der Waals surface area contributed by atoms with E-state index in [1.807, 2.05) is 12.4 Å². The first-order valence-corrected chi connectivity index (χ1v) is 8.85. The number of nitrogens with one attached hydrogen (secondary N) is 1. The Balaban J connectivity index is 1.53. The molecule has 0 atom stereocenters. The van der Waals surface area contributed by atoms with Crippen LogP contribution >= 0.6 is 12.2 Å². The molecule has 0 radical (unpaired) electrons. The molecule has 3 rings (SSSR count). The Labute approximate surface area is 149 Å². The minimum atomic E-state index is 0.548. The molecule has 0 spiro atoms. The third-order valence-electron chi connectivity index (χ3n) is 4.42. The predicted molar refractivity (Wildman–Crippen MR) is 105 cm³/mol. The average molecular weight is 340 g/mol. The van der Waals surface area contributed by atoms with Gasteiger partial charge in [-0.3, -0.25) is 4.98 Å². The molecule has 24 heavy (non-hydrogen) atoms. The molecule has 0 amide bonds. The van der Waals surface area contributed by atoms with Crippen molar-refractivity contribution in [3.8, 4) is 0 Å². The second-order valence-corrected chi connectivity index (χ2v) is 6.77. The molecule has 0 bridgehead atoms. The second kappa shape index (κ2) is 7.62. The summed E-state index contributed by atoms with van der Waals surface area (Å²) in [5.74, 6) is 0.548. The largest absolute Gasteiger partial charge is 0.368 e. The molecule has 1 aromatic carbocycles. The van der Waals surface area contributed by atoms with Crippen molar-refractivity contribution in [1.29, 1.82) is 0 Å². The number of benzene rings is 1. The van der Waals surface area contributed by atoms with E-state index in [0.29, 0.717) is 5.92 Å². The smallest absolute Gasteiger partial charge is 0.173 e.